The highest BCUT2D eigenvalue weighted by atomic mass is 35.5. The Morgan fingerprint density at radius 2 is 2.07 bits per heavy atom. The number of sulfone groups is 1. The molecule has 0 saturated carbocycles. The van der Waals surface area contributed by atoms with Gasteiger partial charge in [-0.05, 0) is 23.8 Å². The zero-order chi connectivity index (χ0) is 11.5. The third kappa shape index (κ3) is 3.77. The summed E-state index contributed by atoms with van der Waals surface area (Å²) in [7, 11) is -3.30. The third-order valence-corrected chi connectivity index (χ3v) is 3.79. The molecule has 0 aliphatic heterocycles. The second kappa shape index (κ2) is 4.92. The largest absolute Gasteiger partial charge is 0.329 e. The molecule has 0 saturated heterocycles. The third-order valence-electron chi connectivity index (χ3n) is 1.81. The molecule has 0 atom stereocenters. The Morgan fingerprint density at radius 3 is 2.67 bits per heavy atom. The zero-order valence-corrected chi connectivity index (χ0v) is 9.48. The Hall–Kier alpha value is -0.650. The number of halogens is 2. The van der Waals surface area contributed by atoms with E-state index >= 15 is 0 Å². The van der Waals surface area contributed by atoms with Gasteiger partial charge in [0.25, 0.3) is 0 Å². The van der Waals surface area contributed by atoms with Gasteiger partial charge in [-0.25, -0.2) is 12.8 Å². The summed E-state index contributed by atoms with van der Waals surface area (Å²) in [4.78, 5) is 0. The van der Waals surface area contributed by atoms with Crippen molar-refractivity contribution in [3.63, 3.8) is 0 Å². The van der Waals surface area contributed by atoms with E-state index in [-0.39, 0.29) is 28.6 Å². The molecule has 0 bridgehead atoms. The normalized spacial score (nSPS) is 11.7. The van der Waals surface area contributed by atoms with E-state index < -0.39 is 15.7 Å². The minimum atomic E-state index is -3.30. The van der Waals surface area contributed by atoms with Gasteiger partial charge in [-0.15, -0.1) is 0 Å². The van der Waals surface area contributed by atoms with E-state index in [1.54, 1.807) is 0 Å². The van der Waals surface area contributed by atoms with Gasteiger partial charge in [-0.2, -0.15) is 0 Å². The standard InChI is InChI=1S/C9H11ClFNO2S/c10-9-2-1-8(11)5-7(9)6-15(13,14)4-3-12/h1-2,5H,3-4,6,12H2. The van der Waals surface area contributed by atoms with Crippen molar-refractivity contribution in [2.24, 2.45) is 5.73 Å². The summed E-state index contributed by atoms with van der Waals surface area (Å²) in [5.74, 6) is -0.905. The molecule has 0 heterocycles. The lowest BCUT2D eigenvalue weighted by Gasteiger charge is -2.05. The lowest BCUT2D eigenvalue weighted by atomic mass is 10.2. The van der Waals surface area contributed by atoms with Crippen molar-refractivity contribution >= 4 is 21.4 Å². The molecule has 3 nitrogen and oxygen atoms in total. The maximum Gasteiger partial charge on any atom is 0.155 e. The molecule has 1 aromatic carbocycles. The second-order valence-electron chi connectivity index (χ2n) is 3.12. The van der Waals surface area contributed by atoms with Gasteiger partial charge in [0, 0.05) is 11.6 Å². The van der Waals surface area contributed by atoms with Crippen LogP contribution in [-0.4, -0.2) is 20.7 Å². The molecule has 2 N–H and O–H groups in total. The van der Waals surface area contributed by atoms with E-state index in [0.717, 1.165) is 6.07 Å². The first kappa shape index (κ1) is 12.4. The molecule has 0 amide bonds. The number of rotatable bonds is 4. The topological polar surface area (TPSA) is 60.2 Å². The van der Waals surface area contributed by atoms with Crippen LogP contribution in [0.1, 0.15) is 5.56 Å². The molecule has 1 aromatic rings. The van der Waals surface area contributed by atoms with E-state index in [4.69, 9.17) is 17.3 Å². The van der Waals surface area contributed by atoms with E-state index in [1.165, 1.54) is 12.1 Å². The van der Waals surface area contributed by atoms with Crippen molar-refractivity contribution in [2.75, 3.05) is 12.3 Å². The number of benzene rings is 1. The van der Waals surface area contributed by atoms with Crippen LogP contribution >= 0.6 is 11.6 Å². The van der Waals surface area contributed by atoms with Gasteiger partial charge in [0.1, 0.15) is 5.82 Å². The van der Waals surface area contributed by atoms with Gasteiger partial charge in [-0.1, -0.05) is 11.6 Å². The number of nitrogens with two attached hydrogens (primary N) is 1. The van der Waals surface area contributed by atoms with E-state index in [9.17, 15) is 12.8 Å². The van der Waals surface area contributed by atoms with Crippen LogP contribution in [0.25, 0.3) is 0 Å². The summed E-state index contributed by atoms with van der Waals surface area (Å²) in [5.41, 5.74) is 5.42. The summed E-state index contributed by atoms with van der Waals surface area (Å²) in [6.07, 6.45) is 0. The van der Waals surface area contributed by atoms with Crippen LogP contribution < -0.4 is 5.73 Å². The summed E-state index contributed by atoms with van der Waals surface area (Å²) >= 11 is 5.74. The fourth-order valence-corrected chi connectivity index (χ4v) is 2.62. The molecule has 0 unspecified atom stereocenters. The van der Waals surface area contributed by atoms with E-state index in [1.807, 2.05) is 0 Å². The smallest absolute Gasteiger partial charge is 0.155 e. The number of hydrogen-bond acceptors (Lipinski definition) is 3. The van der Waals surface area contributed by atoms with Gasteiger partial charge in [0.05, 0.1) is 11.5 Å². The predicted octanol–water partition coefficient (Wildman–Crippen LogP) is 1.35. The molecule has 0 radical (unpaired) electrons. The first-order valence-electron chi connectivity index (χ1n) is 4.29. The van der Waals surface area contributed by atoms with Crippen molar-refractivity contribution in [3.8, 4) is 0 Å². The van der Waals surface area contributed by atoms with Gasteiger partial charge >= 0.3 is 0 Å². The molecule has 0 fully saturated rings. The molecule has 84 valence electrons. The maximum absolute atomic E-state index is 12.8. The summed E-state index contributed by atoms with van der Waals surface area (Å²) in [6.45, 7) is 0.0509. The van der Waals surface area contributed by atoms with Crippen molar-refractivity contribution < 1.29 is 12.8 Å². The lowest BCUT2D eigenvalue weighted by Crippen LogP contribution is -2.17. The Labute approximate surface area is 93.0 Å². The highest BCUT2D eigenvalue weighted by Crippen LogP contribution is 2.19. The predicted molar refractivity (Wildman–Crippen MR) is 58.0 cm³/mol. The molecule has 0 spiro atoms. The Bertz CT molecular complexity index is 447. The average Bonchev–Trinajstić information content (AvgIpc) is 2.10. The Morgan fingerprint density at radius 1 is 1.40 bits per heavy atom. The van der Waals surface area contributed by atoms with Gasteiger partial charge in [0.15, 0.2) is 9.84 Å². The fraction of sp³-hybridized carbons (Fsp3) is 0.333. The lowest BCUT2D eigenvalue weighted by molar-refractivity contribution is 0.594. The Balaban J connectivity index is 2.94. The van der Waals surface area contributed by atoms with Gasteiger partial charge < -0.3 is 5.73 Å². The molecule has 0 aromatic heterocycles. The highest BCUT2D eigenvalue weighted by molar-refractivity contribution is 7.90. The summed E-state index contributed by atoms with van der Waals surface area (Å²) in [6, 6.07) is 3.64. The SMILES string of the molecule is NCCS(=O)(=O)Cc1cc(F)ccc1Cl. The highest BCUT2D eigenvalue weighted by Gasteiger charge is 2.13. The minimum absolute atomic E-state index is 0.0509. The molecule has 15 heavy (non-hydrogen) atoms. The van der Waals surface area contributed by atoms with Gasteiger partial charge in [0.2, 0.25) is 0 Å². The zero-order valence-electron chi connectivity index (χ0n) is 7.91. The van der Waals surface area contributed by atoms with Crippen LogP contribution in [0.15, 0.2) is 18.2 Å². The maximum atomic E-state index is 12.8. The van der Waals surface area contributed by atoms with E-state index in [0.29, 0.717) is 0 Å². The molecular formula is C9H11ClFNO2S. The quantitative estimate of drug-likeness (QED) is 0.879. The van der Waals surface area contributed by atoms with Gasteiger partial charge in [-0.3, -0.25) is 0 Å². The van der Waals surface area contributed by atoms with Crippen molar-refractivity contribution in [1.82, 2.24) is 0 Å². The van der Waals surface area contributed by atoms with Crippen molar-refractivity contribution in [1.29, 1.82) is 0 Å². The van der Waals surface area contributed by atoms with Crippen LogP contribution in [0, 0.1) is 5.82 Å². The van der Waals surface area contributed by atoms with Crippen molar-refractivity contribution in [3.05, 3.63) is 34.6 Å². The average molecular weight is 252 g/mol. The molecule has 0 aliphatic rings. The van der Waals surface area contributed by atoms with Crippen LogP contribution in [-0.2, 0) is 15.6 Å². The molecule has 1 rings (SSSR count). The number of hydrogen-bond donors (Lipinski definition) is 1. The van der Waals surface area contributed by atoms with Crippen LogP contribution in [0.2, 0.25) is 5.02 Å². The second-order valence-corrected chi connectivity index (χ2v) is 5.71. The first-order chi connectivity index (χ1) is 6.94. The Kier molecular flexibility index (Phi) is 4.07. The molecule has 6 heteroatoms. The minimum Gasteiger partial charge on any atom is -0.329 e. The summed E-state index contributed by atoms with van der Waals surface area (Å²) < 4.78 is 35.6. The molecule has 0 aliphatic carbocycles. The monoisotopic (exact) mass is 251 g/mol. The van der Waals surface area contributed by atoms with Crippen molar-refractivity contribution in [2.45, 2.75) is 5.75 Å². The fourth-order valence-electron chi connectivity index (χ4n) is 1.14. The summed E-state index contributed by atoms with van der Waals surface area (Å²) in [5, 5.41) is 0.247. The van der Waals surface area contributed by atoms with E-state index in [2.05, 4.69) is 0 Å². The van der Waals surface area contributed by atoms with Crippen LogP contribution in [0.4, 0.5) is 4.39 Å². The molecular weight excluding hydrogens is 241 g/mol. The first-order valence-corrected chi connectivity index (χ1v) is 6.49. The van der Waals surface area contributed by atoms with Crippen LogP contribution in [0.3, 0.4) is 0 Å². The van der Waals surface area contributed by atoms with Crippen LogP contribution in [0.5, 0.6) is 0 Å².